The summed E-state index contributed by atoms with van der Waals surface area (Å²) in [5, 5.41) is 8.03. The number of benzene rings is 1. The highest BCUT2D eigenvalue weighted by Crippen LogP contribution is 2.24. The summed E-state index contributed by atoms with van der Waals surface area (Å²) in [6.45, 7) is 3.30. The normalized spacial score (nSPS) is 13.3. The van der Waals surface area contributed by atoms with Crippen LogP contribution >= 0.6 is 11.3 Å². The van der Waals surface area contributed by atoms with Crippen molar-refractivity contribution in [2.75, 3.05) is 5.32 Å². The molecule has 2 unspecified atom stereocenters. The SMILES string of the molecule is Cc1cc(NC(=O)C(C)S(=O)Cc2csc(-c3ccc(F)cc3)n2)no1. The fourth-order valence-electron chi connectivity index (χ4n) is 2.14. The third-order valence-electron chi connectivity index (χ3n) is 3.58. The molecule has 0 radical (unpaired) electrons. The third-order valence-corrected chi connectivity index (χ3v) is 6.10. The van der Waals surface area contributed by atoms with Crippen molar-refractivity contribution in [3.8, 4) is 10.6 Å². The van der Waals surface area contributed by atoms with E-state index in [4.69, 9.17) is 4.52 Å². The Morgan fingerprint density at radius 3 is 2.77 bits per heavy atom. The molecule has 0 aliphatic rings. The van der Waals surface area contributed by atoms with Crippen LogP contribution in [0, 0.1) is 12.7 Å². The van der Waals surface area contributed by atoms with Crippen LogP contribution in [-0.2, 0) is 21.3 Å². The number of rotatable bonds is 6. The summed E-state index contributed by atoms with van der Waals surface area (Å²) in [4.78, 5) is 16.6. The summed E-state index contributed by atoms with van der Waals surface area (Å²) in [6.07, 6.45) is 0. The minimum Gasteiger partial charge on any atom is -0.360 e. The molecule has 0 fully saturated rings. The molecule has 0 bridgehead atoms. The van der Waals surface area contributed by atoms with E-state index in [0.29, 0.717) is 22.3 Å². The van der Waals surface area contributed by atoms with Crippen molar-refractivity contribution in [2.45, 2.75) is 24.9 Å². The van der Waals surface area contributed by atoms with Gasteiger partial charge in [-0.25, -0.2) is 9.37 Å². The lowest BCUT2D eigenvalue weighted by molar-refractivity contribution is -0.115. The monoisotopic (exact) mass is 393 g/mol. The molecule has 0 aliphatic carbocycles. The van der Waals surface area contributed by atoms with Crippen LogP contribution in [0.25, 0.3) is 10.6 Å². The zero-order valence-corrected chi connectivity index (χ0v) is 15.7. The summed E-state index contributed by atoms with van der Waals surface area (Å²) in [5.74, 6) is 0.317. The number of thiazole rings is 1. The maximum atomic E-state index is 13.0. The maximum Gasteiger partial charge on any atom is 0.241 e. The van der Waals surface area contributed by atoms with Crippen molar-refractivity contribution in [3.05, 3.63) is 53.0 Å². The van der Waals surface area contributed by atoms with Crippen LogP contribution in [0.4, 0.5) is 10.2 Å². The molecule has 1 aromatic carbocycles. The second-order valence-electron chi connectivity index (χ2n) is 5.63. The Hall–Kier alpha value is -2.39. The summed E-state index contributed by atoms with van der Waals surface area (Å²) in [6, 6.07) is 7.61. The summed E-state index contributed by atoms with van der Waals surface area (Å²) >= 11 is 1.39. The first-order chi connectivity index (χ1) is 12.4. The topological polar surface area (TPSA) is 85.1 Å². The van der Waals surface area contributed by atoms with Crippen molar-refractivity contribution in [1.29, 1.82) is 0 Å². The fraction of sp³-hybridized carbons (Fsp3) is 0.235. The van der Waals surface area contributed by atoms with E-state index in [1.165, 1.54) is 23.5 Å². The van der Waals surface area contributed by atoms with Crippen molar-refractivity contribution in [3.63, 3.8) is 0 Å². The van der Waals surface area contributed by atoms with Gasteiger partial charge in [0.2, 0.25) is 5.91 Å². The van der Waals surface area contributed by atoms with Gasteiger partial charge in [0.15, 0.2) is 5.82 Å². The second-order valence-corrected chi connectivity index (χ2v) is 8.25. The highest BCUT2D eigenvalue weighted by Gasteiger charge is 2.22. The number of carbonyl (C=O) groups is 1. The van der Waals surface area contributed by atoms with E-state index in [9.17, 15) is 13.4 Å². The van der Waals surface area contributed by atoms with E-state index in [0.717, 1.165) is 5.56 Å². The lowest BCUT2D eigenvalue weighted by atomic mass is 10.2. The number of halogens is 1. The summed E-state index contributed by atoms with van der Waals surface area (Å²) in [5.41, 5.74) is 1.42. The quantitative estimate of drug-likeness (QED) is 0.693. The third kappa shape index (κ3) is 4.41. The maximum absolute atomic E-state index is 13.0. The highest BCUT2D eigenvalue weighted by molar-refractivity contribution is 7.85. The van der Waals surface area contributed by atoms with Gasteiger partial charge in [-0.1, -0.05) is 5.16 Å². The highest BCUT2D eigenvalue weighted by atomic mass is 32.2. The fourth-order valence-corrected chi connectivity index (χ4v) is 4.06. The lowest BCUT2D eigenvalue weighted by Crippen LogP contribution is -2.29. The molecule has 0 saturated heterocycles. The van der Waals surface area contributed by atoms with Gasteiger partial charge < -0.3 is 9.84 Å². The molecule has 9 heteroatoms. The average molecular weight is 393 g/mol. The zero-order valence-electron chi connectivity index (χ0n) is 14.1. The number of amides is 1. The molecule has 136 valence electrons. The number of hydrogen-bond acceptors (Lipinski definition) is 6. The first-order valence-corrected chi connectivity index (χ1v) is 10.0. The van der Waals surface area contributed by atoms with Gasteiger partial charge in [0.05, 0.1) is 11.4 Å². The second kappa shape index (κ2) is 7.88. The van der Waals surface area contributed by atoms with Gasteiger partial charge in [-0.3, -0.25) is 9.00 Å². The van der Waals surface area contributed by atoms with E-state index in [2.05, 4.69) is 15.5 Å². The molecule has 6 nitrogen and oxygen atoms in total. The van der Waals surface area contributed by atoms with Gasteiger partial charge in [0, 0.05) is 27.8 Å². The molecule has 3 aromatic rings. The molecule has 0 aliphatic heterocycles. The van der Waals surface area contributed by atoms with E-state index in [-0.39, 0.29) is 11.6 Å². The van der Waals surface area contributed by atoms with E-state index < -0.39 is 22.0 Å². The molecule has 2 atom stereocenters. The van der Waals surface area contributed by atoms with Crippen LogP contribution in [0.2, 0.25) is 0 Å². The van der Waals surface area contributed by atoms with Crippen LogP contribution in [0.5, 0.6) is 0 Å². The van der Waals surface area contributed by atoms with Crippen LogP contribution < -0.4 is 5.32 Å². The number of nitrogens with one attached hydrogen (secondary N) is 1. The van der Waals surface area contributed by atoms with Gasteiger partial charge >= 0.3 is 0 Å². The van der Waals surface area contributed by atoms with Crippen LogP contribution in [0.1, 0.15) is 18.4 Å². The molecule has 0 spiro atoms. The van der Waals surface area contributed by atoms with Crippen molar-refractivity contribution in [1.82, 2.24) is 10.1 Å². The van der Waals surface area contributed by atoms with Gasteiger partial charge in [0.25, 0.3) is 0 Å². The van der Waals surface area contributed by atoms with Gasteiger partial charge in [0.1, 0.15) is 21.8 Å². The van der Waals surface area contributed by atoms with Gasteiger partial charge in [-0.2, -0.15) is 0 Å². The minimum absolute atomic E-state index is 0.157. The molecule has 1 amide bonds. The first kappa shape index (κ1) is 18.4. The number of nitrogens with zero attached hydrogens (tertiary/aromatic N) is 2. The van der Waals surface area contributed by atoms with Gasteiger partial charge in [-0.05, 0) is 38.1 Å². The molecule has 2 heterocycles. The van der Waals surface area contributed by atoms with Crippen LogP contribution in [0.3, 0.4) is 0 Å². The Balaban J connectivity index is 1.62. The molecule has 1 N–H and O–H groups in total. The Morgan fingerprint density at radius 1 is 1.38 bits per heavy atom. The molecular weight excluding hydrogens is 377 g/mol. The van der Waals surface area contributed by atoms with Crippen LogP contribution in [0.15, 0.2) is 40.2 Å². The lowest BCUT2D eigenvalue weighted by Gasteiger charge is -2.09. The predicted molar refractivity (Wildman–Crippen MR) is 98.7 cm³/mol. The number of anilines is 1. The number of aromatic nitrogens is 2. The molecule has 2 aromatic heterocycles. The average Bonchev–Trinajstić information content (AvgIpc) is 3.24. The minimum atomic E-state index is -1.45. The van der Waals surface area contributed by atoms with E-state index >= 15 is 0 Å². The van der Waals surface area contributed by atoms with Gasteiger partial charge in [-0.15, -0.1) is 11.3 Å². The molecule has 0 saturated carbocycles. The standard InChI is InChI=1S/C17H16FN3O3S2/c1-10-7-15(21-24-10)20-16(22)11(2)26(23)9-14-8-25-17(19-14)12-3-5-13(18)6-4-12/h3-8,11H,9H2,1-2H3,(H,20,21,22). The van der Waals surface area contributed by atoms with Crippen molar-refractivity contribution >= 4 is 33.9 Å². The Bertz CT molecular complexity index is 937. The molecular formula is C17H16FN3O3S2. The largest absolute Gasteiger partial charge is 0.360 e. The summed E-state index contributed by atoms with van der Waals surface area (Å²) in [7, 11) is -1.45. The zero-order chi connectivity index (χ0) is 18.7. The predicted octanol–water partition coefficient (Wildman–Crippen LogP) is 3.52. The Morgan fingerprint density at radius 2 is 2.12 bits per heavy atom. The number of aryl methyl sites for hydroxylation is 1. The first-order valence-electron chi connectivity index (χ1n) is 7.74. The van der Waals surface area contributed by atoms with Crippen molar-refractivity contribution in [2.24, 2.45) is 0 Å². The molecule has 3 rings (SSSR count). The van der Waals surface area contributed by atoms with Crippen molar-refractivity contribution < 1.29 is 17.9 Å². The van der Waals surface area contributed by atoms with E-state index in [1.807, 2.05) is 0 Å². The Labute approximate surface area is 155 Å². The van der Waals surface area contributed by atoms with E-state index in [1.54, 1.807) is 37.4 Å². The molecule has 26 heavy (non-hydrogen) atoms. The number of carbonyl (C=O) groups excluding carboxylic acids is 1. The smallest absolute Gasteiger partial charge is 0.241 e. The van der Waals surface area contributed by atoms with Crippen LogP contribution in [-0.4, -0.2) is 25.5 Å². The summed E-state index contributed by atoms with van der Waals surface area (Å²) < 4.78 is 30.3. The Kier molecular flexibility index (Phi) is 5.58. The number of hydrogen-bond donors (Lipinski definition) is 1.